The predicted octanol–water partition coefficient (Wildman–Crippen LogP) is 6.14. The van der Waals surface area contributed by atoms with Crippen LogP contribution in [0.25, 0.3) is 0 Å². The van der Waals surface area contributed by atoms with Crippen molar-refractivity contribution in [2.45, 2.75) is 45.4 Å². The largest absolute Gasteiger partial charge is 0.494 e. The zero-order valence-electron chi connectivity index (χ0n) is 15.6. The first-order valence-electron chi connectivity index (χ1n) is 9.38. The minimum Gasteiger partial charge on any atom is -0.494 e. The number of aryl methyl sites for hydroxylation is 1. The van der Waals surface area contributed by atoms with Crippen LogP contribution < -0.4 is 4.74 Å². The number of benzene rings is 2. The third kappa shape index (κ3) is 4.47. The van der Waals surface area contributed by atoms with E-state index in [2.05, 4.69) is 11.8 Å². The first-order valence-corrected chi connectivity index (χ1v) is 9.38. The third-order valence-electron chi connectivity index (χ3n) is 5.14. The van der Waals surface area contributed by atoms with Crippen molar-refractivity contribution in [3.05, 3.63) is 64.5 Å². The maximum Gasteiger partial charge on any atom is 0.174 e. The molecular formula is C23H23F3O. The van der Waals surface area contributed by atoms with E-state index in [-0.39, 0.29) is 28.8 Å². The standard InChI is InChI=1S/C23H23F3O/c1-3-27-19-12-13-20(21(24)14-19)17-9-5-16(6-10-17)7-11-18-8-4-15(2)22(25)23(18)26/h4,8,12-14,16-17H,3,5-6,9-10H2,1-2H3. The van der Waals surface area contributed by atoms with E-state index in [0.29, 0.717) is 12.4 Å². The molecule has 0 atom stereocenters. The second-order valence-corrected chi connectivity index (χ2v) is 6.99. The van der Waals surface area contributed by atoms with E-state index in [1.807, 2.05) is 13.0 Å². The molecule has 0 amide bonds. The Bertz CT molecular complexity index is 871. The van der Waals surface area contributed by atoms with Crippen LogP contribution in [0.4, 0.5) is 13.2 Å². The van der Waals surface area contributed by atoms with Gasteiger partial charge >= 0.3 is 0 Å². The van der Waals surface area contributed by atoms with Gasteiger partial charge in [-0.1, -0.05) is 24.0 Å². The molecule has 1 fully saturated rings. The zero-order valence-corrected chi connectivity index (χ0v) is 15.6. The van der Waals surface area contributed by atoms with Gasteiger partial charge in [0.05, 0.1) is 12.2 Å². The van der Waals surface area contributed by atoms with Gasteiger partial charge in [0.15, 0.2) is 11.6 Å². The zero-order chi connectivity index (χ0) is 19.4. The molecule has 27 heavy (non-hydrogen) atoms. The SMILES string of the molecule is CCOc1ccc(C2CCC(C#Cc3ccc(C)c(F)c3F)CC2)c(F)c1. The summed E-state index contributed by atoms with van der Waals surface area (Å²) in [7, 11) is 0. The van der Waals surface area contributed by atoms with Crippen LogP contribution in [0.3, 0.4) is 0 Å². The molecule has 4 heteroatoms. The number of rotatable bonds is 3. The molecule has 0 bridgehead atoms. The second kappa shape index (κ2) is 8.52. The van der Waals surface area contributed by atoms with Crippen molar-refractivity contribution >= 4 is 0 Å². The number of hydrogen-bond acceptors (Lipinski definition) is 1. The summed E-state index contributed by atoms with van der Waals surface area (Å²) in [6.45, 7) is 3.90. The van der Waals surface area contributed by atoms with Gasteiger partial charge in [0.2, 0.25) is 0 Å². The van der Waals surface area contributed by atoms with E-state index in [4.69, 9.17) is 4.74 Å². The van der Waals surface area contributed by atoms with Crippen molar-refractivity contribution in [1.82, 2.24) is 0 Å². The van der Waals surface area contributed by atoms with Crippen LogP contribution in [0.5, 0.6) is 5.75 Å². The molecule has 0 spiro atoms. The lowest BCUT2D eigenvalue weighted by Gasteiger charge is -2.26. The van der Waals surface area contributed by atoms with Gasteiger partial charge in [0.25, 0.3) is 0 Å². The molecule has 1 saturated carbocycles. The van der Waals surface area contributed by atoms with Crippen molar-refractivity contribution < 1.29 is 17.9 Å². The summed E-state index contributed by atoms with van der Waals surface area (Å²) in [4.78, 5) is 0. The summed E-state index contributed by atoms with van der Waals surface area (Å²) in [5, 5.41) is 0. The van der Waals surface area contributed by atoms with Crippen LogP contribution in [0.15, 0.2) is 30.3 Å². The minimum atomic E-state index is -0.882. The monoisotopic (exact) mass is 372 g/mol. The average molecular weight is 372 g/mol. The smallest absolute Gasteiger partial charge is 0.174 e. The Hall–Kier alpha value is -2.41. The van der Waals surface area contributed by atoms with Crippen LogP contribution in [0.1, 0.15) is 55.2 Å². The van der Waals surface area contributed by atoms with Crippen molar-refractivity contribution in [2.24, 2.45) is 5.92 Å². The maximum absolute atomic E-state index is 14.4. The number of hydrogen-bond donors (Lipinski definition) is 0. The molecule has 0 unspecified atom stereocenters. The predicted molar refractivity (Wildman–Crippen MR) is 100 cm³/mol. The Kier molecular flexibility index (Phi) is 6.11. The fraction of sp³-hybridized carbons (Fsp3) is 0.391. The van der Waals surface area contributed by atoms with Gasteiger partial charge in [-0.2, -0.15) is 0 Å². The van der Waals surface area contributed by atoms with Gasteiger partial charge < -0.3 is 4.74 Å². The van der Waals surface area contributed by atoms with Gasteiger partial charge in [0, 0.05) is 12.0 Å². The lowest BCUT2D eigenvalue weighted by Crippen LogP contribution is -2.13. The number of ether oxygens (including phenoxy) is 1. The van der Waals surface area contributed by atoms with Crippen LogP contribution in [0, 0.1) is 42.1 Å². The Morgan fingerprint density at radius 2 is 1.74 bits per heavy atom. The van der Waals surface area contributed by atoms with Crippen LogP contribution in [-0.2, 0) is 0 Å². The summed E-state index contributed by atoms with van der Waals surface area (Å²) in [6.07, 6.45) is 3.30. The van der Waals surface area contributed by atoms with Gasteiger partial charge in [-0.05, 0) is 68.7 Å². The maximum atomic E-state index is 14.4. The topological polar surface area (TPSA) is 9.23 Å². The molecule has 0 heterocycles. The highest BCUT2D eigenvalue weighted by Gasteiger charge is 2.23. The molecule has 0 radical (unpaired) electrons. The highest BCUT2D eigenvalue weighted by atomic mass is 19.2. The normalized spacial score (nSPS) is 19.3. The van der Waals surface area contributed by atoms with E-state index in [0.717, 1.165) is 31.2 Å². The third-order valence-corrected chi connectivity index (χ3v) is 5.14. The molecule has 0 saturated heterocycles. The van der Waals surface area contributed by atoms with E-state index >= 15 is 0 Å². The lowest BCUT2D eigenvalue weighted by atomic mass is 9.78. The van der Waals surface area contributed by atoms with E-state index in [9.17, 15) is 13.2 Å². The van der Waals surface area contributed by atoms with Gasteiger partial charge in [-0.3, -0.25) is 0 Å². The summed E-state index contributed by atoms with van der Waals surface area (Å²) in [5.41, 5.74) is 1.09. The fourth-order valence-corrected chi connectivity index (χ4v) is 3.57. The number of halogens is 3. The van der Waals surface area contributed by atoms with Gasteiger partial charge in [-0.25, -0.2) is 13.2 Å². The first-order chi connectivity index (χ1) is 13.0. The van der Waals surface area contributed by atoms with E-state index in [1.54, 1.807) is 6.07 Å². The van der Waals surface area contributed by atoms with Crippen molar-refractivity contribution in [2.75, 3.05) is 6.61 Å². The van der Waals surface area contributed by atoms with Gasteiger partial charge in [0.1, 0.15) is 11.6 Å². The average Bonchev–Trinajstić information content (AvgIpc) is 2.67. The van der Waals surface area contributed by atoms with Crippen LogP contribution in [0.2, 0.25) is 0 Å². The highest BCUT2D eigenvalue weighted by molar-refractivity contribution is 5.39. The first kappa shape index (κ1) is 19.4. The van der Waals surface area contributed by atoms with Gasteiger partial charge in [-0.15, -0.1) is 0 Å². The van der Waals surface area contributed by atoms with Crippen molar-refractivity contribution in [1.29, 1.82) is 0 Å². The van der Waals surface area contributed by atoms with E-state index < -0.39 is 11.6 Å². The summed E-state index contributed by atoms with van der Waals surface area (Å²) < 4.78 is 47.2. The molecule has 0 aliphatic heterocycles. The molecular weight excluding hydrogens is 349 g/mol. The van der Waals surface area contributed by atoms with Crippen LogP contribution in [-0.4, -0.2) is 6.61 Å². The molecule has 2 aromatic carbocycles. The second-order valence-electron chi connectivity index (χ2n) is 6.99. The molecule has 142 valence electrons. The molecule has 0 N–H and O–H groups in total. The molecule has 2 aromatic rings. The quantitative estimate of drug-likeness (QED) is 0.588. The fourth-order valence-electron chi connectivity index (χ4n) is 3.57. The molecule has 1 aliphatic rings. The molecule has 1 aliphatic carbocycles. The Labute approximate surface area is 158 Å². The van der Waals surface area contributed by atoms with Crippen molar-refractivity contribution in [3.63, 3.8) is 0 Å². The van der Waals surface area contributed by atoms with Crippen molar-refractivity contribution in [3.8, 4) is 17.6 Å². The summed E-state index contributed by atoms with van der Waals surface area (Å²) in [6, 6.07) is 8.11. The van der Waals surface area contributed by atoms with Crippen LogP contribution >= 0.6 is 0 Å². The van der Waals surface area contributed by atoms with E-state index in [1.165, 1.54) is 25.1 Å². The molecule has 0 aromatic heterocycles. The molecule has 3 rings (SSSR count). The summed E-state index contributed by atoms with van der Waals surface area (Å²) >= 11 is 0. The Morgan fingerprint density at radius 1 is 1.00 bits per heavy atom. The minimum absolute atomic E-state index is 0.0952. The lowest BCUT2D eigenvalue weighted by molar-refractivity contribution is 0.336. The highest BCUT2D eigenvalue weighted by Crippen LogP contribution is 2.37. The molecule has 1 nitrogen and oxygen atoms in total. The Balaban J connectivity index is 1.64. The summed E-state index contributed by atoms with van der Waals surface area (Å²) in [5.74, 6) is 4.73. The Morgan fingerprint density at radius 3 is 2.41 bits per heavy atom.